The summed E-state index contributed by atoms with van der Waals surface area (Å²) in [5.74, 6) is 1.34. The maximum atomic E-state index is 12.6. The molecule has 1 fully saturated rings. The van der Waals surface area contributed by atoms with Crippen molar-refractivity contribution in [2.45, 2.75) is 23.8 Å². The molecule has 0 spiro atoms. The van der Waals surface area contributed by atoms with Gasteiger partial charge in [0.1, 0.15) is 17.5 Å². The number of nitrogens with one attached hydrogen (secondary N) is 2. The van der Waals surface area contributed by atoms with E-state index >= 15 is 0 Å². The molecule has 2 N–H and O–H groups in total. The molecule has 156 valence electrons. The van der Waals surface area contributed by atoms with E-state index in [-0.39, 0.29) is 16.8 Å². The molecule has 0 radical (unpaired) electrons. The van der Waals surface area contributed by atoms with Gasteiger partial charge in [0.2, 0.25) is 0 Å². The standard InChI is InChI=1S/C21H26N2O5S/c1-27-16-9-10-18(20(13-16)28-2)19-8-5-11-23(19)14-21(24)22-15-6-4-7-17(12-15)29(3,25)26/h4,6-7,9-10,12-13,19H,5,8,11,14H2,1-3H3,(H,22,24)/p+1/t19-/m0/s1. The van der Waals surface area contributed by atoms with Crippen molar-refractivity contribution in [3.05, 3.63) is 48.0 Å². The number of quaternary nitrogens is 1. The molecule has 7 nitrogen and oxygen atoms in total. The lowest BCUT2D eigenvalue weighted by atomic mass is 10.0. The zero-order valence-electron chi connectivity index (χ0n) is 16.9. The summed E-state index contributed by atoms with van der Waals surface area (Å²) in [4.78, 5) is 14.0. The molecule has 1 aliphatic heterocycles. The lowest BCUT2D eigenvalue weighted by Crippen LogP contribution is -3.11. The zero-order valence-corrected chi connectivity index (χ0v) is 17.7. The predicted molar refractivity (Wildman–Crippen MR) is 110 cm³/mol. The number of carbonyl (C=O) groups is 1. The number of hydrogen-bond donors (Lipinski definition) is 2. The number of benzene rings is 2. The van der Waals surface area contributed by atoms with Crippen molar-refractivity contribution in [3.63, 3.8) is 0 Å². The van der Waals surface area contributed by atoms with Gasteiger partial charge in [-0.1, -0.05) is 6.07 Å². The van der Waals surface area contributed by atoms with E-state index < -0.39 is 9.84 Å². The molecule has 1 saturated heterocycles. The minimum atomic E-state index is -3.32. The Morgan fingerprint density at radius 3 is 2.66 bits per heavy atom. The minimum absolute atomic E-state index is 0.148. The van der Waals surface area contributed by atoms with E-state index in [9.17, 15) is 13.2 Å². The number of sulfone groups is 1. The maximum Gasteiger partial charge on any atom is 0.279 e. The summed E-state index contributed by atoms with van der Waals surface area (Å²) in [6.45, 7) is 1.18. The van der Waals surface area contributed by atoms with Crippen molar-refractivity contribution in [1.29, 1.82) is 0 Å². The Labute approximate surface area is 171 Å². The molecule has 2 atom stereocenters. The molecule has 3 rings (SSSR count). The van der Waals surface area contributed by atoms with Crippen LogP contribution >= 0.6 is 0 Å². The summed E-state index contributed by atoms with van der Waals surface area (Å²) in [5.41, 5.74) is 1.54. The molecule has 1 unspecified atom stereocenters. The fourth-order valence-electron chi connectivity index (χ4n) is 3.82. The first-order chi connectivity index (χ1) is 13.8. The van der Waals surface area contributed by atoms with Crippen molar-refractivity contribution in [2.24, 2.45) is 0 Å². The van der Waals surface area contributed by atoms with Gasteiger partial charge < -0.3 is 19.7 Å². The first-order valence-electron chi connectivity index (χ1n) is 9.48. The van der Waals surface area contributed by atoms with Gasteiger partial charge in [-0.05, 0) is 30.3 Å². The largest absolute Gasteiger partial charge is 0.497 e. The Balaban J connectivity index is 1.72. The fraction of sp³-hybridized carbons (Fsp3) is 0.381. The molecule has 0 bridgehead atoms. The van der Waals surface area contributed by atoms with E-state index in [4.69, 9.17) is 9.47 Å². The molecule has 2 aromatic carbocycles. The van der Waals surface area contributed by atoms with Gasteiger partial charge in [0.05, 0.1) is 31.2 Å². The highest BCUT2D eigenvalue weighted by Gasteiger charge is 2.33. The SMILES string of the molecule is COc1ccc([C@@H]2CCC[NH+]2CC(=O)Nc2cccc(S(C)(=O)=O)c2)c(OC)c1. The van der Waals surface area contributed by atoms with Gasteiger partial charge in [-0.3, -0.25) is 4.79 Å². The number of amides is 1. The number of methoxy groups -OCH3 is 2. The van der Waals surface area contributed by atoms with Gasteiger partial charge in [0.25, 0.3) is 5.91 Å². The molecule has 1 aliphatic rings. The first kappa shape index (κ1) is 21.1. The van der Waals surface area contributed by atoms with Gasteiger partial charge >= 0.3 is 0 Å². The molecule has 0 aromatic heterocycles. The summed E-state index contributed by atoms with van der Waals surface area (Å²) in [7, 11) is -0.0734. The van der Waals surface area contributed by atoms with Crippen molar-refractivity contribution < 1.29 is 27.6 Å². The number of anilines is 1. The van der Waals surface area contributed by atoms with Crippen LogP contribution in [-0.2, 0) is 14.6 Å². The van der Waals surface area contributed by atoms with Crippen molar-refractivity contribution >= 4 is 21.4 Å². The van der Waals surface area contributed by atoms with Gasteiger partial charge in [-0.2, -0.15) is 0 Å². The van der Waals surface area contributed by atoms with Crippen LogP contribution in [0.4, 0.5) is 5.69 Å². The lowest BCUT2D eigenvalue weighted by Gasteiger charge is -2.23. The van der Waals surface area contributed by atoms with Crippen molar-refractivity contribution in [2.75, 3.05) is 38.9 Å². The van der Waals surface area contributed by atoms with E-state index in [1.54, 1.807) is 26.4 Å². The molecule has 1 heterocycles. The van der Waals surface area contributed by atoms with Crippen LogP contribution in [0.25, 0.3) is 0 Å². The van der Waals surface area contributed by atoms with E-state index in [1.807, 2.05) is 18.2 Å². The minimum Gasteiger partial charge on any atom is -0.497 e. The van der Waals surface area contributed by atoms with E-state index in [0.717, 1.165) is 47.6 Å². The topological polar surface area (TPSA) is 86.1 Å². The summed E-state index contributed by atoms with van der Waals surface area (Å²) >= 11 is 0. The van der Waals surface area contributed by atoms with E-state index in [2.05, 4.69) is 5.32 Å². The average molecular weight is 420 g/mol. The molecular weight excluding hydrogens is 392 g/mol. The number of hydrogen-bond acceptors (Lipinski definition) is 5. The van der Waals surface area contributed by atoms with Crippen LogP contribution < -0.4 is 19.7 Å². The molecule has 2 aromatic rings. The summed E-state index contributed by atoms with van der Waals surface area (Å²) < 4.78 is 34.3. The summed E-state index contributed by atoms with van der Waals surface area (Å²) in [5, 5.41) is 2.82. The molecule has 0 saturated carbocycles. The lowest BCUT2D eigenvalue weighted by molar-refractivity contribution is -0.910. The Bertz CT molecular complexity index is 990. The highest BCUT2D eigenvalue weighted by Crippen LogP contribution is 2.31. The quantitative estimate of drug-likeness (QED) is 0.710. The summed E-state index contributed by atoms with van der Waals surface area (Å²) in [6, 6.07) is 12.2. The van der Waals surface area contributed by atoms with Crippen LogP contribution in [0.15, 0.2) is 47.4 Å². The molecule has 0 aliphatic carbocycles. The van der Waals surface area contributed by atoms with Crippen LogP contribution in [0.1, 0.15) is 24.4 Å². The Morgan fingerprint density at radius 2 is 1.97 bits per heavy atom. The molecule has 8 heteroatoms. The van der Waals surface area contributed by atoms with Gasteiger partial charge in [-0.25, -0.2) is 8.42 Å². The first-order valence-corrected chi connectivity index (χ1v) is 11.4. The van der Waals surface area contributed by atoms with Crippen LogP contribution in [0.3, 0.4) is 0 Å². The smallest absolute Gasteiger partial charge is 0.279 e. The van der Waals surface area contributed by atoms with Crippen molar-refractivity contribution in [3.8, 4) is 11.5 Å². The molecular formula is C21H27N2O5S+. The van der Waals surface area contributed by atoms with Crippen molar-refractivity contribution in [1.82, 2.24) is 0 Å². The van der Waals surface area contributed by atoms with Crippen LogP contribution in [0.2, 0.25) is 0 Å². The van der Waals surface area contributed by atoms with Crippen LogP contribution in [-0.4, -0.2) is 47.9 Å². The zero-order chi connectivity index (χ0) is 21.0. The third-order valence-electron chi connectivity index (χ3n) is 5.23. The van der Waals surface area contributed by atoms with E-state index in [0.29, 0.717) is 12.2 Å². The van der Waals surface area contributed by atoms with Crippen LogP contribution in [0, 0.1) is 0 Å². The fourth-order valence-corrected chi connectivity index (χ4v) is 4.49. The maximum absolute atomic E-state index is 12.6. The Hall–Kier alpha value is -2.58. The third kappa shape index (κ3) is 5.07. The third-order valence-corrected chi connectivity index (χ3v) is 6.34. The highest BCUT2D eigenvalue weighted by atomic mass is 32.2. The highest BCUT2D eigenvalue weighted by molar-refractivity contribution is 7.90. The molecule has 1 amide bonds. The van der Waals surface area contributed by atoms with Gasteiger partial charge in [0, 0.05) is 30.9 Å². The number of ether oxygens (including phenoxy) is 2. The molecule has 29 heavy (non-hydrogen) atoms. The second-order valence-electron chi connectivity index (χ2n) is 7.24. The summed E-state index contributed by atoms with van der Waals surface area (Å²) in [6.07, 6.45) is 3.13. The second-order valence-corrected chi connectivity index (χ2v) is 9.25. The number of rotatable bonds is 7. The van der Waals surface area contributed by atoms with Gasteiger partial charge in [0.15, 0.2) is 16.4 Å². The van der Waals surface area contributed by atoms with Crippen LogP contribution in [0.5, 0.6) is 11.5 Å². The van der Waals surface area contributed by atoms with E-state index in [1.165, 1.54) is 12.1 Å². The average Bonchev–Trinajstić information content (AvgIpc) is 3.14. The number of carbonyl (C=O) groups excluding carboxylic acids is 1. The van der Waals surface area contributed by atoms with Gasteiger partial charge in [-0.15, -0.1) is 0 Å². The monoisotopic (exact) mass is 419 g/mol. The normalized spacial score (nSPS) is 19.0. The Morgan fingerprint density at radius 1 is 1.17 bits per heavy atom. The second kappa shape index (κ2) is 8.84. The number of likely N-dealkylation sites (tertiary alicyclic amines) is 1. The Kier molecular flexibility index (Phi) is 6.44. The predicted octanol–water partition coefficient (Wildman–Crippen LogP) is 1.47.